The summed E-state index contributed by atoms with van der Waals surface area (Å²) in [6.07, 6.45) is 7.91. The van der Waals surface area contributed by atoms with Crippen LogP contribution in [0.2, 0.25) is 0 Å². The molecule has 1 saturated carbocycles. The molecule has 1 N–H and O–H groups in total. The molecule has 1 aromatic rings. The maximum absolute atomic E-state index is 12.1. The molecule has 1 aliphatic heterocycles. The smallest absolute Gasteiger partial charge is 0.223 e. The topological polar surface area (TPSA) is 50.2 Å². The molecule has 24 heavy (non-hydrogen) atoms. The molecule has 1 unspecified atom stereocenters. The number of nitrogens with one attached hydrogen (secondary N) is 1. The molecule has 5 nitrogen and oxygen atoms in total. The number of thioether (sulfide) groups is 1. The van der Waals surface area contributed by atoms with Crippen LogP contribution in [0.4, 0.5) is 0 Å². The fourth-order valence-electron chi connectivity index (χ4n) is 3.65. The molecular formula is C18H30N4OS. The van der Waals surface area contributed by atoms with Gasteiger partial charge in [-0.1, -0.05) is 19.8 Å². The van der Waals surface area contributed by atoms with Gasteiger partial charge in [0.2, 0.25) is 5.91 Å². The Balaban J connectivity index is 1.48. The molecule has 0 radical (unpaired) electrons. The van der Waals surface area contributed by atoms with Gasteiger partial charge in [-0.05, 0) is 38.1 Å². The van der Waals surface area contributed by atoms with Gasteiger partial charge in [0.15, 0.2) is 0 Å². The number of rotatable bonds is 7. The number of hydrogen-bond donors (Lipinski definition) is 1. The summed E-state index contributed by atoms with van der Waals surface area (Å²) < 4.78 is 2.12. The van der Waals surface area contributed by atoms with Gasteiger partial charge in [-0.25, -0.2) is 0 Å². The molecule has 1 fully saturated rings. The summed E-state index contributed by atoms with van der Waals surface area (Å²) in [7, 11) is 0. The van der Waals surface area contributed by atoms with E-state index < -0.39 is 0 Å². The van der Waals surface area contributed by atoms with Crippen molar-refractivity contribution in [2.24, 2.45) is 5.92 Å². The summed E-state index contributed by atoms with van der Waals surface area (Å²) in [5, 5.41) is 8.46. The van der Waals surface area contributed by atoms with Crippen molar-refractivity contribution in [3.63, 3.8) is 0 Å². The first kappa shape index (κ1) is 17.8. The monoisotopic (exact) mass is 350 g/mol. The first-order valence-electron chi connectivity index (χ1n) is 9.24. The maximum Gasteiger partial charge on any atom is 0.223 e. The maximum atomic E-state index is 12.1. The zero-order valence-corrected chi connectivity index (χ0v) is 15.8. The van der Waals surface area contributed by atoms with Crippen LogP contribution in [-0.4, -0.2) is 45.2 Å². The van der Waals surface area contributed by atoms with E-state index in [1.165, 1.54) is 25.0 Å². The van der Waals surface area contributed by atoms with Crippen LogP contribution >= 0.6 is 11.8 Å². The highest BCUT2D eigenvalue weighted by Gasteiger charge is 2.23. The van der Waals surface area contributed by atoms with E-state index in [1.54, 1.807) is 0 Å². The average molecular weight is 351 g/mol. The van der Waals surface area contributed by atoms with Gasteiger partial charge in [-0.3, -0.25) is 14.4 Å². The lowest BCUT2D eigenvalue weighted by molar-refractivity contribution is -0.124. The Morgan fingerprint density at radius 3 is 2.96 bits per heavy atom. The number of fused-ring (bicyclic) bond motifs is 1. The molecule has 2 aliphatic rings. The van der Waals surface area contributed by atoms with Gasteiger partial charge in [0.1, 0.15) is 0 Å². The average Bonchev–Trinajstić information content (AvgIpc) is 3.26. The lowest BCUT2D eigenvalue weighted by atomic mass is 10.1. The number of aromatic nitrogens is 2. The molecule has 1 atom stereocenters. The second-order valence-corrected chi connectivity index (χ2v) is 8.44. The van der Waals surface area contributed by atoms with Crippen molar-refractivity contribution < 1.29 is 4.79 Å². The third-order valence-corrected chi connectivity index (χ3v) is 6.39. The Bertz CT molecular complexity index is 553. The Morgan fingerprint density at radius 2 is 2.21 bits per heavy atom. The van der Waals surface area contributed by atoms with Crippen molar-refractivity contribution in [3.05, 3.63) is 17.5 Å². The molecule has 1 aliphatic carbocycles. The molecule has 1 amide bonds. The lowest BCUT2D eigenvalue weighted by Gasteiger charge is -2.28. The number of hydrogen-bond acceptors (Lipinski definition) is 4. The second kappa shape index (κ2) is 8.39. The van der Waals surface area contributed by atoms with E-state index in [2.05, 4.69) is 39.2 Å². The van der Waals surface area contributed by atoms with Crippen molar-refractivity contribution in [1.29, 1.82) is 0 Å². The number of carbonyl (C=O) groups excluding carboxylic acids is 1. The van der Waals surface area contributed by atoms with Crippen molar-refractivity contribution in [1.82, 2.24) is 20.0 Å². The SMILES string of the molecule is CSC(C)CCN1CCn2nc(CNC(=O)C3CCCC3)cc2C1. The van der Waals surface area contributed by atoms with E-state index in [9.17, 15) is 4.79 Å². The highest BCUT2D eigenvalue weighted by molar-refractivity contribution is 7.99. The Kier molecular flexibility index (Phi) is 6.22. The molecule has 0 saturated heterocycles. The first-order valence-corrected chi connectivity index (χ1v) is 10.5. The molecule has 3 rings (SSSR count). The van der Waals surface area contributed by atoms with Crippen molar-refractivity contribution in [2.75, 3.05) is 19.3 Å². The fraction of sp³-hybridized carbons (Fsp3) is 0.778. The molecule has 0 aromatic carbocycles. The quantitative estimate of drug-likeness (QED) is 0.821. The largest absolute Gasteiger partial charge is 0.350 e. The molecule has 134 valence electrons. The first-order chi connectivity index (χ1) is 11.7. The predicted molar refractivity (Wildman–Crippen MR) is 98.9 cm³/mol. The van der Waals surface area contributed by atoms with Gasteiger partial charge in [-0.2, -0.15) is 16.9 Å². The minimum atomic E-state index is 0.214. The minimum absolute atomic E-state index is 0.214. The zero-order chi connectivity index (χ0) is 16.9. The van der Waals surface area contributed by atoms with E-state index in [0.717, 1.165) is 50.0 Å². The molecular weight excluding hydrogens is 320 g/mol. The number of carbonyl (C=O) groups is 1. The van der Waals surface area contributed by atoms with Gasteiger partial charge in [-0.15, -0.1) is 0 Å². The molecule has 6 heteroatoms. The predicted octanol–water partition coefficient (Wildman–Crippen LogP) is 2.65. The number of amides is 1. The standard InChI is InChI=1S/C18H30N4OS/c1-14(24-2)7-8-21-9-10-22-17(13-21)11-16(20-22)12-19-18(23)15-5-3-4-6-15/h11,14-15H,3-10,12-13H2,1-2H3,(H,19,23). The summed E-state index contributed by atoms with van der Waals surface area (Å²) in [5.74, 6) is 0.447. The van der Waals surface area contributed by atoms with E-state index in [4.69, 9.17) is 0 Å². The Labute approximate surface area is 149 Å². The Morgan fingerprint density at radius 1 is 1.42 bits per heavy atom. The van der Waals surface area contributed by atoms with Crippen LogP contribution in [0.15, 0.2) is 6.07 Å². The summed E-state index contributed by atoms with van der Waals surface area (Å²) in [6.45, 7) is 7.03. The number of nitrogens with zero attached hydrogens (tertiary/aromatic N) is 3. The van der Waals surface area contributed by atoms with Crippen LogP contribution in [0.1, 0.15) is 50.4 Å². The van der Waals surface area contributed by atoms with Crippen LogP contribution in [0, 0.1) is 5.92 Å². The van der Waals surface area contributed by atoms with Gasteiger partial charge in [0.25, 0.3) is 0 Å². The van der Waals surface area contributed by atoms with Crippen LogP contribution in [-0.2, 0) is 24.4 Å². The molecule has 2 heterocycles. The Hall–Kier alpha value is -1.01. The summed E-state index contributed by atoms with van der Waals surface area (Å²) in [4.78, 5) is 14.7. The second-order valence-electron chi connectivity index (χ2n) is 7.16. The van der Waals surface area contributed by atoms with E-state index in [1.807, 2.05) is 11.8 Å². The van der Waals surface area contributed by atoms with E-state index in [-0.39, 0.29) is 11.8 Å². The van der Waals surface area contributed by atoms with Gasteiger partial charge in [0.05, 0.1) is 24.5 Å². The van der Waals surface area contributed by atoms with Gasteiger partial charge in [0, 0.05) is 24.3 Å². The van der Waals surface area contributed by atoms with Crippen LogP contribution < -0.4 is 5.32 Å². The van der Waals surface area contributed by atoms with Crippen LogP contribution in [0.5, 0.6) is 0 Å². The molecule has 0 spiro atoms. The summed E-state index contributed by atoms with van der Waals surface area (Å²) >= 11 is 1.94. The minimum Gasteiger partial charge on any atom is -0.350 e. The highest BCUT2D eigenvalue weighted by Crippen LogP contribution is 2.24. The van der Waals surface area contributed by atoms with Crippen molar-refractivity contribution in [2.45, 2.75) is 63.9 Å². The van der Waals surface area contributed by atoms with E-state index in [0.29, 0.717) is 6.54 Å². The summed E-state index contributed by atoms with van der Waals surface area (Å²) in [6, 6.07) is 2.17. The zero-order valence-electron chi connectivity index (χ0n) is 15.0. The lowest BCUT2D eigenvalue weighted by Crippen LogP contribution is -2.35. The fourth-order valence-corrected chi connectivity index (χ4v) is 3.99. The molecule has 1 aromatic heterocycles. The highest BCUT2D eigenvalue weighted by atomic mass is 32.2. The third kappa shape index (κ3) is 4.54. The van der Waals surface area contributed by atoms with Crippen LogP contribution in [0.25, 0.3) is 0 Å². The van der Waals surface area contributed by atoms with Crippen LogP contribution in [0.3, 0.4) is 0 Å². The van der Waals surface area contributed by atoms with Gasteiger partial charge < -0.3 is 5.32 Å². The van der Waals surface area contributed by atoms with Crippen molar-refractivity contribution in [3.8, 4) is 0 Å². The van der Waals surface area contributed by atoms with Gasteiger partial charge >= 0.3 is 0 Å². The summed E-state index contributed by atoms with van der Waals surface area (Å²) in [5.41, 5.74) is 2.28. The van der Waals surface area contributed by atoms with E-state index >= 15 is 0 Å². The normalized spacial score (nSPS) is 20.1. The van der Waals surface area contributed by atoms with Crippen molar-refractivity contribution >= 4 is 17.7 Å². The third-order valence-electron chi connectivity index (χ3n) is 5.35. The molecule has 0 bridgehead atoms.